The first-order valence-electron chi connectivity index (χ1n) is 11.9. The molecule has 1 fully saturated rings. The van der Waals surface area contributed by atoms with Crippen LogP contribution in [0, 0.1) is 0 Å². The number of nitrogens with zero attached hydrogens (tertiary/aromatic N) is 2. The fourth-order valence-corrected chi connectivity index (χ4v) is 4.16. The summed E-state index contributed by atoms with van der Waals surface area (Å²) in [7, 11) is 0. The largest absolute Gasteiger partial charge is 0.368 e. The van der Waals surface area contributed by atoms with Crippen LogP contribution in [0.1, 0.15) is 28.4 Å². The summed E-state index contributed by atoms with van der Waals surface area (Å²) in [5.74, 6) is -0.660. The summed E-state index contributed by atoms with van der Waals surface area (Å²) in [4.78, 5) is 42.5. The van der Waals surface area contributed by atoms with Gasteiger partial charge in [0.25, 0.3) is 5.91 Å². The van der Waals surface area contributed by atoms with E-state index in [0.717, 1.165) is 18.8 Å². The summed E-state index contributed by atoms with van der Waals surface area (Å²) < 4.78 is 0. The number of carbonyl (C=O) groups excluding carboxylic acids is 3. The highest BCUT2D eigenvalue weighted by Gasteiger charge is 2.24. The molecule has 1 unspecified atom stereocenters. The van der Waals surface area contributed by atoms with Crippen molar-refractivity contribution in [2.45, 2.75) is 12.5 Å². The summed E-state index contributed by atoms with van der Waals surface area (Å²) in [6, 6.07) is 27.2. The molecule has 0 radical (unpaired) electrons. The Morgan fingerprint density at radius 1 is 0.743 bits per heavy atom. The first-order chi connectivity index (χ1) is 17.1. The Bertz CT molecular complexity index is 1110. The third kappa shape index (κ3) is 6.47. The molecule has 0 bridgehead atoms. The van der Waals surface area contributed by atoms with Gasteiger partial charge in [-0.3, -0.25) is 14.4 Å². The van der Waals surface area contributed by atoms with E-state index in [1.165, 1.54) is 0 Å². The smallest absolute Gasteiger partial charge is 0.252 e. The summed E-state index contributed by atoms with van der Waals surface area (Å²) in [6.07, 6.45) is 0.214. The molecule has 0 saturated carbocycles. The van der Waals surface area contributed by atoms with Gasteiger partial charge in [0.2, 0.25) is 11.8 Å². The maximum atomic E-state index is 13.0. The Morgan fingerprint density at radius 3 is 1.94 bits per heavy atom. The fourth-order valence-electron chi connectivity index (χ4n) is 4.16. The van der Waals surface area contributed by atoms with Crippen LogP contribution in [0.2, 0.25) is 0 Å². The lowest BCUT2D eigenvalue weighted by molar-refractivity contribution is -0.131. The monoisotopic (exact) mass is 470 g/mol. The molecule has 2 N–H and O–H groups in total. The lowest BCUT2D eigenvalue weighted by Gasteiger charge is -2.36. The molecule has 1 heterocycles. The van der Waals surface area contributed by atoms with Crippen molar-refractivity contribution in [2.24, 2.45) is 0 Å². The molecule has 3 amide bonds. The lowest BCUT2D eigenvalue weighted by atomic mass is 10.1. The van der Waals surface area contributed by atoms with E-state index in [2.05, 4.69) is 27.7 Å². The fraction of sp³-hybridized carbons (Fsp3) is 0.250. The molecule has 0 aliphatic carbocycles. The Kier molecular flexibility index (Phi) is 8.12. The predicted molar refractivity (Wildman–Crippen MR) is 136 cm³/mol. The third-order valence-electron chi connectivity index (χ3n) is 6.10. The van der Waals surface area contributed by atoms with Gasteiger partial charge < -0.3 is 20.4 Å². The first kappa shape index (κ1) is 24.0. The van der Waals surface area contributed by atoms with Crippen molar-refractivity contribution in [3.05, 3.63) is 102 Å². The number of anilines is 1. The van der Waals surface area contributed by atoms with Crippen LogP contribution in [0.25, 0.3) is 0 Å². The zero-order valence-electron chi connectivity index (χ0n) is 19.6. The van der Waals surface area contributed by atoms with Gasteiger partial charge >= 0.3 is 0 Å². The topological polar surface area (TPSA) is 81.8 Å². The van der Waals surface area contributed by atoms with E-state index in [1.54, 1.807) is 36.4 Å². The molecular weight excluding hydrogens is 440 g/mol. The van der Waals surface area contributed by atoms with E-state index in [9.17, 15) is 14.4 Å². The van der Waals surface area contributed by atoms with Gasteiger partial charge in [-0.1, -0.05) is 66.7 Å². The number of nitrogens with one attached hydrogen (secondary N) is 2. The summed E-state index contributed by atoms with van der Waals surface area (Å²) in [5.41, 5.74) is 2.32. The molecule has 3 aromatic carbocycles. The molecule has 1 atom stereocenters. The van der Waals surface area contributed by atoms with Gasteiger partial charge in [-0.25, -0.2) is 0 Å². The third-order valence-corrected chi connectivity index (χ3v) is 6.10. The lowest BCUT2D eigenvalue weighted by Crippen LogP contribution is -2.49. The maximum Gasteiger partial charge on any atom is 0.252 e. The maximum absolute atomic E-state index is 13.0. The number of rotatable bonds is 8. The van der Waals surface area contributed by atoms with E-state index >= 15 is 0 Å². The normalized spacial score (nSPS) is 14.2. The van der Waals surface area contributed by atoms with Crippen LogP contribution in [0.4, 0.5) is 5.69 Å². The van der Waals surface area contributed by atoms with Crippen LogP contribution in [-0.2, 0) is 9.59 Å². The van der Waals surface area contributed by atoms with Crippen molar-refractivity contribution in [1.82, 2.24) is 15.5 Å². The number of carbonyl (C=O) groups is 3. The standard InChI is InChI=1S/C28H30N4O3/c33-25(32-20-18-31(19-21-32)24-14-8-3-9-15-24)16-17-29-28(35)26(22-10-4-1-5-11-22)30-27(34)23-12-6-2-7-13-23/h1-15,26H,16-21H2,(H,29,35)(H,30,34). The SMILES string of the molecule is O=C(NC(C(=O)NCCC(=O)N1CCN(c2ccccc2)CC1)c1ccccc1)c1ccccc1. The highest BCUT2D eigenvalue weighted by atomic mass is 16.2. The van der Waals surface area contributed by atoms with Crippen LogP contribution in [0.5, 0.6) is 0 Å². The van der Waals surface area contributed by atoms with Crippen LogP contribution in [-0.4, -0.2) is 55.3 Å². The average Bonchev–Trinajstić information content (AvgIpc) is 2.93. The number of benzene rings is 3. The highest BCUT2D eigenvalue weighted by Crippen LogP contribution is 2.16. The molecule has 7 heteroatoms. The second-order valence-corrected chi connectivity index (χ2v) is 8.43. The van der Waals surface area contributed by atoms with E-state index in [0.29, 0.717) is 24.2 Å². The van der Waals surface area contributed by atoms with Crippen molar-refractivity contribution in [2.75, 3.05) is 37.6 Å². The van der Waals surface area contributed by atoms with Gasteiger partial charge in [-0.15, -0.1) is 0 Å². The van der Waals surface area contributed by atoms with Gasteiger partial charge in [-0.2, -0.15) is 0 Å². The number of hydrogen-bond acceptors (Lipinski definition) is 4. The zero-order chi connectivity index (χ0) is 24.5. The molecule has 35 heavy (non-hydrogen) atoms. The Balaban J connectivity index is 1.29. The van der Waals surface area contributed by atoms with Crippen LogP contribution in [0.3, 0.4) is 0 Å². The van der Waals surface area contributed by atoms with Crippen molar-refractivity contribution >= 4 is 23.4 Å². The quantitative estimate of drug-likeness (QED) is 0.530. The second kappa shape index (κ2) is 11.8. The molecule has 0 aromatic heterocycles. The molecular formula is C28H30N4O3. The minimum Gasteiger partial charge on any atom is -0.368 e. The van der Waals surface area contributed by atoms with Crippen LogP contribution >= 0.6 is 0 Å². The summed E-state index contributed by atoms with van der Waals surface area (Å²) >= 11 is 0. The highest BCUT2D eigenvalue weighted by molar-refractivity contribution is 5.97. The molecule has 3 aromatic rings. The van der Waals surface area contributed by atoms with E-state index in [-0.39, 0.29) is 30.7 Å². The van der Waals surface area contributed by atoms with Crippen molar-refractivity contribution < 1.29 is 14.4 Å². The van der Waals surface area contributed by atoms with E-state index in [4.69, 9.17) is 0 Å². The van der Waals surface area contributed by atoms with Gasteiger partial charge in [0.15, 0.2) is 0 Å². The van der Waals surface area contributed by atoms with Crippen LogP contribution in [0.15, 0.2) is 91.0 Å². The van der Waals surface area contributed by atoms with Gasteiger partial charge in [0.05, 0.1) is 0 Å². The molecule has 7 nitrogen and oxygen atoms in total. The van der Waals surface area contributed by atoms with Crippen molar-refractivity contribution in [3.8, 4) is 0 Å². The molecule has 4 rings (SSSR count). The summed E-state index contributed by atoms with van der Waals surface area (Å²) in [5, 5.41) is 5.65. The Hall–Kier alpha value is -4.13. The van der Waals surface area contributed by atoms with E-state index < -0.39 is 6.04 Å². The van der Waals surface area contributed by atoms with Crippen molar-refractivity contribution in [1.29, 1.82) is 0 Å². The van der Waals surface area contributed by atoms with Gasteiger partial charge in [-0.05, 0) is 29.8 Å². The molecule has 1 aliphatic heterocycles. The minimum absolute atomic E-state index is 0.0163. The van der Waals surface area contributed by atoms with Crippen molar-refractivity contribution in [3.63, 3.8) is 0 Å². The number of amides is 3. The number of piperazine rings is 1. The summed E-state index contributed by atoms with van der Waals surface area (Å²) in [6.45, 7) is 3.08. The molecule has 180 valence electrons. The predicted octanol–water partition coefficient (Wildman–Crippen LogP) is 3.01. The molecule has 1 aliphatic rings. The molecule has 0 spiro atoms. The zero-order valence-corrected chi connectivity index (χ0v) is 19.6. The minimum atomic E-state index is -0.853. The number of hydrogen-bond donors (Lipinski definition) is 2. The van der Waals surface area contributed by atoms with Gasteiger partial charge in [0.1, 0.15) is 6.04 Å². The van der Waals surface area contributed by atoms with E-state index in [1.807, 2.05) is 47.4 Å². The Labute approximate surface area is 205 Å². The van der Waals surface area contributed by atoms with Crippen LogP contribution < -0.4 is 15.5 Å². The Morgan fingerprint density at radius 2 is 1.31 bits per heavy atom. The second-order valence-electron chi connectivity index (χ2n) is 8.43. The molecule has 1 saturated heterocycles. The van der Waals surface area contributed by atoms with Gasteiger partial charge in [0, 0.05) is 50.4 Å². The average molecular weight is 471 g/mol. The number of para-hydroxylation sites is 1. The first-order valence-corrected chi connectivity index (χ1v) is 11.9.